The summed E-state index contributed by atoms with van der Waals surface area (Å²) in [6.45, 7) is 4.22. The number of nitrogens with zero attached hydrogens (tertiary/aromatic N) is 2. The quantitative estimate of drug-likeness (QED) is 0.680. The molecule has 7 heteroatoms. The lowest BCUT2D eigenvalue weighted by Gasteiger charge is -2.23. The number of benzene rings is 2. The molecule has 2 N–H and O–H groups in total. The highest BCUT2D eigenvalue weighted by atomic mass is 35.5. The van der Waals surface area contributed by atoms with Crippen molar-refractivity contribution in [3.05, 3.63) is 60.4 Å². The van der Waals surface area contributed by atoms with Crippen LogP contribution in [0.5, 0.6) is 0 Å². The van der Waals surface area contributed by atoms with Crippen molar-refractivity contribution in [3.8, 4) is 11.4 Å². The largest absolute Gasteiger partial charge is 0.374 e. The molecule has 0 saturated carbocycles. The van der Waals surface area contributed by atoms with E-state index in [2.05, 4.69) is 57.0 Å². The summed E-state index contributed by atoms with van der Waals surface area (Å²) < 4.78 is 5.67. The average Bonchev–Trinajstić information content (AvgIpc) is 2.69. The Bertz CT molecular complexity index is 839. The highest BCUT2D eigenvalue weighted by Crippen LogP contribution is 2.21. The predicted molar refractivity (Wildman–Crippen MR) is 114 cm³/mol. The highest BCUT2D eigenvalue weighted by molar-refractivity contribution is 5.86. The zero-order valence-electron chi connectivity index (χ0n) is 14.9. The fraction of sp³-hybridized carbons (Fsp3) is 0.300. The molecule has 0 spiro atoms. The molecule has 1 unspecified atom stereocenters. The number of ether oxygens (including phenoxy) is 1. The first-order valence-electron chi connectivity index (χ1n) is 8.71. The van der Waals surface area contributed by atoms with Crippen LogP contribution in [0.2, 0.25) is 0 Å². The number of halogens is 2. The van der Waals surface area contributed by atoms with E-state index in [-0.39, 0.29) is 30.9 Å². The van der Waals surface area contributed by atoms with Gasteiger partial charge in [0.1, 0.15) is 0 Å². The van der Waals surface area contributed by atoms with Gasteiger partial charge in [-0.2, -0.15) is 0 Å². The van der Waals surface area contributed by atoms with E-state index in [0.717, 1.165) is 49.7 Å². The van der Waals surface area contributed by atoms with Crippen LogP contribution in [0.4, 0.5) is 0 Å². The van der Waals surface area contributed by atoms with Gasteiger partial charge in [0.15, 0.2) is 5.82 Å². The molecule has 0 aliphatic carbocycles. The molecule has 1 aliphatic heterocycles. The van der Waals surface area contributed by atoms with Crippen LogP contribution in [0.25, 0.3) is 22.2 Å². The first-order valence-corrected chi connectivity index (χ1v) is 8.71. The Labute approximate surface area is 171 Å². The Balaban J connectivity index is 0.00000131. The van der Waals surface area contributed by atoms with Crippen molar-refractivity contribution in [1.82, 2.24) is 20.6 Å². The summed E-state index contributed by atoms with van der Waals surface area (Å²) >= 11 is 0. The Morgan fingerprint density at radius 1 is 1.04 bits per heavy atom. The second-order valence-corrected chi connectivity index (χ2v) is 6.30. The molecule has 2 aromatic carbocycles. The minimum absolute atomic E-state index is 0. The van der Waals surface area contributed by atoms with Crippen LogP contribution in [-0.4, -0.2) is 42.3 Å². The van der Waals surface area contributed by atoms with Crippen molar-refractivity contribution < 1.29 is 4.74 Å². The second kappa shape index (κ2) is 10.5. The smallest absolute Gasteiger partial charge is 0.159 e. The van der Waals surface area contributed by atoms with Crippen molar-refractivity contribution in [2.75, 3.05) is 26.2 Å². The van der Waals surface area contributed by atoms with Crippen LogP contribution in [0.1, 0.15) is 5.56 Å². The minimum Gasteiger partial charge on any atom is -0.374 e. The molecular weight excluding hydrogens is 383 g/mol. The van der Waals surface area contributed by atoms with E-state index < -0.39 is 0 Å². The Kier molecular flexibility index (Phi) is 8.41. The number of aromatic nitrogens is 2. The molecule has 1 aromatic heterocycles. The summed E-state index contributed by atoms with van der Waals surface area (Å²) in [5, 5.41) is 9.17. The summed E-state index contributed by atoms with van der Waals surface area (Å²) in [4.78, 5) is 9.05. The maximum Gasteiger partial charge on any atom is 0.159 e. The molecule has 144 valence electrons. The van der Waals surface area contributed by atoms with Gasteiger partial charge in [0.05, 0.1) is 12.7 Å². The van der Waals surface area contributed by atoms with Gasteiger partial charge in [-0.3, -0.25) is 0 Å². The number of fused-ring (bicyclic) bond motifs is 1. The van der Waals surface area contributed by atoms with Gasteiger partial charge in [0.2, 0.25) is 0 Å². The SMILES string of the molecule is Cl.Cl.c1ccc2cc(-c3ncc(CNCC4CNCCO4)cn3)ccc2c1. The number of hydrogen-bond acceptors (Lipinski definition) is 5. The molecule has 0 bridgehead atoms. The van der Waals surface area contributed by atoms with Gasteiger partial charge in [0.25, 0.3) is 0 Å². The zero-order valence-corrected chi connectivity index (χ0v) is 16.6. The summed E-state index contributed by atoms with van der Waals surface area (Å²) in [6.07, 6.45) is 4.03. The standard InChI is InChI=1S/C20H22N4O.2ClH/c1-2-4-17-9-18(6-5-16(17)3-1)20-23-11-15(12-24-20)10-22-14-19-13-21-7-8-25-19;;/h1-6,9,11-12,19,21-22H,7-8,10,13-14H2;2*1H. The normalized spacial score (nSPS) is 16.4. The Hall–Kier alpha value is -1.76. The number of nitrogens with one attached hydrogen (secondary N) is 2. The van der Waals surface area contributed by atoms with Crippen molar-refractivity contribution in [2.24, 2.45) is 0 Å². The highest BCUT2D eigenvalue weighted by Gasteiger charge is 2.12. The van der Waals surface area contributed by atoms with Gasteiger partial charge < -0.3 is 15.4 Å². The van der Waals surface area contributed by atoms with E-state index >= 15 is 0 Å². The Morgan fingerprint density at radius 3 is 2.56 bits per heavy atom. The van der Waals surface area contributed by atoms with E-state index in [4.69, 9.17) is 4.74 Å². The van der Waals surface area contributed by atoms with Crippen LogP contribution in [0.3, 0.4) is 0 Å². The molecule has 0 radical (unpaired) electrons. The van der Waals surface area contributed by atoms with Crippen LogP contribution in [0.15, 0.2) is 54.9 Å². The van der Waals surface area contributed by atoms with Gasteiger partial charge in [-0.15, -0.1) is 24.8 Å². The third-order valence-corrected chi connectivity index (χ3v) is 4.42. The van der Waals surface area contributed by atoms with Gasteiger partial charge in [-0.25, -0.2) is 9.97 Å². The van der Waals surface area contributed by atoms with Crippen LogP contribution >= 0.6 is 24.8 Å². The molecule has 3 aromatic rings. The molecule has 27 heavy (non-hydrogen) atoms. The van der Waals surface area contributed by atoms with Crippen LogP contribution < -0.4 is 10.6 Å². The predicted octanol–water partition coefficient (Wildman–Crippen LogP) is 3.22. The lowest BCUT2D eigenvalue weighted by molar-refractivity contribution is 0.0290. The lowest BCUT2D eigenvalue weighted by Crippen LogP contribution is -2.43. The third kappa shape index (κ3) is 5.61. The van der Waals surface area contributed by atoms with E-state index in [1.807, 2.05) is 18.5 Å². The lowest BCUT2D eigenvalue weighted by atomic mass is 10.1. The van der Waals surface area contributed by atoms with E-state index in [0.29, 0.717) is 0 Å². The summed E-state index contributed by atoms with van der Waals surface area (Å²) in [5.74, 6) is 0.759. The first kappa shape index (κ1) is 21.5. The molecule has 2 heterocycles. The van der Waals surface area contributed by atoms with Crippen molar-refractivity contribution >= 4 is 35.6 Å². The molecule has 4 rings (SSSR count). The molecule has 1 atom stereocenters. The van der Waals surface area contributed by atoms with E-state index in [1.165, 1.54) is 10.8 Å². The fourth-order valence-electron chi connectivity index (χ4n) is 3.05. The zero-order chi connectivity index (χ0) is 16.9. The maximum absolute atomic E-state index is 5.67. The minimum atomic E-state index is 0. The number of hydrogen-bond donors (Lipinski definition) is 2. The molecular formula is C20H24Cl2N4O. The fourth-order valence-corrected chi connectivity index (χ4v) is 3.05. The van der Waals surface area contributed by atoms with E-state index in [9.17, 15) is 0 Å². The maximum atomic E-state index is 5.67. The molecule has 1 saturated heterocycles. The topological polar surface area (TPSA) is 59.1 Å². The monoisotopic (exact) mass is 406 g/mol. The van der Waals surface area contributed by atoms with Crippen molar-refractivity contribution in [2.45, 2.75) is 12.6 Å². The van der Waals surface area contributed by atoms with E-state index in [1.54, 1.807) is 0 Å². The second-order valence-electron chi connectivity index (χ2n) is 6.30. The van der Waals surface area contributed by atoms with Gasteiger partial charge in [0, 0.05) is 49.7 Å². The summed E-state index contributed by atoms with van der Waals surface area (Å²) in [6, 6.07) is 14.6. The van der Waals surface area contributed by atoms with Gasteiger partial charge in [-0.1, -0.05) is 36.4 Å². The van der Waals surface area contributed by atoms with Crippen LogP contribution in [0, 0.1) is 0 Å². The van der Waals surface area contributed by atoms with Gasteiger partial charge in [-0.05, 0) is 16.8 Å². The molecule has 1 fully saturated rings. The van der Waals surface area contributed by atoms with Crippen molar-refractivity contribution in [1.29, 1.82) is 0 Å². The first-order chi connectivity index (χ1) is 12.4. The molecule has 0 amide bonds. The molecule has 1 aliphatic rings. The van der Waals surface area contributed by atoms with Crippen LogP contribution in [-0.2, 0) is 11.3 Å². The number of rotatable bonds is 5. The summed E-state index contributed by atoms with van der Waals surface area (Å²) in [5.41, 5.74) is 2.12. The average molecular weight is 407 g/mol. The number of morpholine rings is 1. The van der Waals surface area contributed by atoms with Gasteiger partial charge >= 0.3 is 0 Å². The molecule has 5 nitrogen and oxygen atoms in total. The third-order valence-electron chi connectivity index (χ3n) is 4.42. The van der Waals surface area contributed by atoms with Crippen molar-refractivity contribution in [3.63, 3.8) is 0 Å². The summed E-state index contributed by atoms with van der Waals surface area (Å²) in [7, 11) is 0. The Morgan fingerprint density at radius 2 is 1.81 bits per heavy atom.